The maximum absolute atomic E-state index is 5.73. The second kappa shape index (κ2) is 4.80. The van der Waals surface area contributed by atoms with Crippen LogP contribution < -0.4 is 4.74 Å². The van der Waals surface area contributed by atoms with Crippen LogP contribution >= 0.6 is 22.9 Å². The zero-order valence-electron chi connectivity index (χ0n) is 9.03. The summed E-state index contributed by atoms with van der Waals surface area (Å²) in [5, 5.41) is 2.74. The van der Waals surface area contributed by atoms with E-state index in [0.29, 0.717) is 10.3 Å². The van der Waals surface area contributed by atoms with Gasteiger partial charge in [-0.3, -0.25) is 4.98 Å². The first-order valence-electron chi connectivity index (χ1n) is 4.94. The average Bonchev–Trinajstić information content (AvgIpc) is 2.67. The van der Waals surface area contributed by atoms with Gasteiger partial charge >= 0.3 is 0 Å². The number of pyridine rings is 1. The van der Waals surface area contributed by atoms with Gasteiger partial charge in [-0.15, -0.1) is 0 Å². The van der Waals surface area contributed by atoms with Crippen LogP contribution in [0.25, 0.3) is 0 Å². The second-order valence-corrected chi connectivity index (χ2v) is 4.50. The highest BCUT2D eigenvalue weighted by molar-refractivity contribution is 7.11. The van der Waals surface area contributed by atoms with E-state index in [4.69, 9.17) is 16.3 Å². The van der Waals surface area contributed by atoms with Crippen molar-refractivity contribution in [3.63, 3.8) is 0 Å². The number of aryl methyl sites for hydroxylation is 2. The fourth-order valence-electron chi connectivity index (χ4n) is 1.32. The number of hydrogen-bond donors (Lipinski definition) is 0. The molecule has 2 heterocycles. The van der Waals surface area contributed by atoms with Crippen LogP contribution in [-0.2, 0) is 6.42 Å². The number of aromatic nitrogens is 2. The lowest BCUT2D eigenvalue weighted by atomic mass is 10.2. The number of rotatable bonds is 3. The van der Waals surface area contributed by atoms with Crippen LogP contribution in [0.1, 0.15) is 18.3 Å². The quantitative estimate of drug-likeness (QED) is 0.834. The van der Waals surface area contributed by atoms with E-state index in [9.17, 15) is 0 Å². The third kappa shape index (κ3) is 2.51. The van der Waals surface area contributed by atoms with Gasteiger partial charge < -0.3 is 4.74 Å². The van der Waals surface area contributed by atoms with Gasteiger partial charge in [-0.1, -0.05) is 29.9 Å². The van der Waals surface area contributed by atoms with E-state index in [1.807, 2.05) is 26.0 Å². The molecule has 3 nitrogen and oxygen atoms in total. The molecule has 16 heavy (non-hydrogen) atoms. The highest BCUT2D eigenvalue weighted by Gasteiger charge is 2.07. The average molecular weight is 255 g/mol. The fourth-order valence-corrected chi connectivity index (χ4v) is 2.12. The molecule has 0 radical (unpaired) electrons. The van der Waals surface area contributed by atoms with Crippen LogP contribution in [0.3, 0.4) is 0 Å². The summed E-state index contributed by atoms with van der Waals surface area (Å²) in [5.41, 5.74) is 1.92. The van der Waals surface area contributed by atoms with Crippen LogP contribution in [0.15, 0.2) is 17.5 Å². The minimum absolute atomic E-state index is 0.457. The molecule has 0 aliphatic carbocycles. The monoisotopic (exact) mass is 254 g/mol. The molecule has 0 saturated heterocycles. The largest absolute Gasteiger partial charge is 0.429 e. The minimum atomic E-state index is 0.457. The lowest BCUT2D eigenvalue weighted by molar-refractivity contribution is 0.469. The maximum Gasteiger partial charge on any atom is 0.280 e. The highest BCUT2D eigenvalue weighted by Crippen LogP contribution is 2.28. The number of ether oxygens (including phenoxy) is 1. The molecule has 2 rings (SSSR count). The van der Waals surface area contributed by atoms with Gasteiger partial charge in [0, 0.05) is 11.1 Å². The summed E-state index contributed by atoms with van der Waals surface area (Å²) in [4.78, 5) is 8.45. The Hall–Kier alpha value is -1.13. The summed E-state index contributed by atoms with van der Waals surface area (Å²) in [5.74, 6) is 0.749. The van der Waals surface area contributed by atoms with Gasteiger partial charge in [0.25, 0.3) is 5.19 Å². The Balaban J connectivity index is 2.27. The Kier molecular flexibility index (Phi) is 3.41. The molecule has 0 atom stereocenters. The SMILES string of the molecule is CCc1nc(C)ccc1Oc1nc(Cl)cs1. The van der Waals surface area contributed by atoms with Crippen molar-refractivity contribution in [3.05, 3.63) is 34.1 Å². The van der Waals surface area contributed by atoms with Crippen molar-refractivity contribution in [1.29, 1.82) is 0 Å². The van der Waals surface area contributed by atoms with Crippen molar-refractivity contribution in [2.45, 2.75) is 20.3 Å². The molecule has 0 aromatic carbocycles. The molecule has 0 aliphatic heterocycles. The molecule has 2 aromatic rings. The molecule has 0 aliphatic rings. The molecule has 5 heteroatoms. The first kappa shape index (κ1) is 11.4. The van der Waals surface area contributed by atoms with Crippen LogP contribution in [0, 0.1) is 6.92 Å². The molecule has 2 aromatic heterocycles. The van der Waals surface area contributed by atoms with Crippen molar-refractivity contribution < 1.29 is 4.74 Å². The molecular formula is C11H11ClN2OS. The molecule has 0 spiro atoms. The summed E-state index contributed by atoms with van der Waals surface area (Å²) < 4.78 is 5.64. The van der Waals surface area contributed by atoms with E-state index in [1.165, 1.54) is 11.3 Å². The van der Waals surface area contributed by atoms with Gasteiger partial charge in [-0.05, 0) is 25.5 Å². The van der Waals surface area contributed by atoms with Gasteiger partial charge in [0.2, 0.25) is 0 Å². The minimum Gasteiger partial charge on any atom is -0.429 e. The zero-order valence-corrected chi connectivity index (χ0v) is 10.6. The molecule has 0 bridgehead atoms. The van der Waals surface area contributed by atoms with E-state index in [-0.39, 0.29) is 0 Å². The Morgan fingerprint density at radius 3 is 2.81 bits per heavy atom. The summed E-state index contributed by atoms with van der Waals surface area (Å²) in [6.45, 7) is 4.01. The topological polar surface area (TPSA) is 35.0 Å². The molecule has 0 fully saturated rings. The lowest BCUT2D eigenvalue weighted by Crippen LogP contribution is -1.95. The normalized spacial score (nSPS) is 10.4. The predicted octanol–water partition coefficient (Wildman–Crippen LogP) is 3.85. The molecule has 0 N–H and O–H groups in total. The van der Waals surface area contributed by atoms with Crippen LogP contribution in [0.4, 0.5) is 0 Å². The molecule has 0 saturated carbocycles. The number of nitrogens with zero attached hydrogens (tertiary/aromatic N) is 2. The van der Waals surface area contributed by atoms with Gasteiger partial charge in [0.05, 0.1) is 5.69 Å². The van der Waals surface area contributed by atoms with Gasteiger partial charge in [0.1, 0.15) is 5.15 Å². The third-order valence-corrected chi connectivity index (χ3v) is 3.10. The van der Waals surface area contributed by atoms with Crippen LogP contribution in [-0.4, -0.2) is 9.97 Å². The smallest absolute Gasteiger partial charge is 0.280 e. The number of hydrogen-bond acceptors (Lipinski definition) is 4. The number of halogens is 1. The standard InChI is InChI=1S/C11H11ClN2OS/c1-3-8-9(5-4-7(2)13-8)15-11-14-10(12)6-16-11/h4-6H,3H2,1-2H3. The van der Waals surface area contributed by atoms with Crippen molar-refractivity contribution in [3.8, 4) is 10.9 Å². The maximum atomic E-state index is 5.73. The summed E-state index contributed by atoms with van der Waals surface area (Å²) in [6, 6.07) is 3.83. The Morgan fingerprint density at radius 1 is 1.38 bits per heavy atom. The number of thiazole rings is 1. The molecular weight excluding hydrogens is 244 g/mol. The Bertz CT molecular complexity index is 498. The Labute approximate surface area is 103 Å². The first-order chi connectivity index (χ1) is 7.69. The van der Waals surface area contributed by atoms with Gasteiger partial charge in [-0.2, -0.15) is 4.98 Å². The lowest BCUT2D eigenvalue weighted by Gasteiger charge is -2.07. The van der Waals surface area contributed by atoms with Crippen molar-refractivity contribution in [2.75, 3.05) is 0 Å². The predicted molar refractivity (Wildman–Crippen MR) is 65.6 cm³/mol. The third-order valence-electron chi connectivity index (χ3n) is 2.06. The first-order valence-corrected chi connectivity index (χ1v) is 6.20. The van der Waals surface area contributed by atoms with Gasteiger partial charge in [0.15, 0.2) is 5.75 Å². The van der Waals surface area contributed by atoms with Crippen molar-refractivity contribution in [2.24, 2.45) is 0 Å². The molecule has 0 amide bonds. The zero-order chi connectivity index (χ0) is 11.5. The summed E-state index contributed by atoms with van der Waals surface area (Å²) >= 11 is 7.10. The van der Waals surface area contributed by atoms with E-state index in [2.05, 4.69) is 9.97 Å². The van der Waals surface area contributed by atoms with Crippen molar-refractivity contribution >= 4 is 22.9 Å². The van der Waals surface area contributed by atoms with E-state index >= 15 is 0 Å². The Morgan fingerprint density at radius 2 is 2.19 bits per heavy atom. The van der Waals surface area contributed by atoms with Crippen LogP contribution in [0.2, 0.25) is 5.15 Å². The molecule has 0 unspecified atom stereocenters. The van der Waals surface area contributed by atoms with E-state index < -0.39 is 0 Å². The fraction of sp³-hybridized carbons (Fsp3) is 0.273. The molecule has 84 valence electrons. The summed E-state index contributed by atoms with van der Waals surface area (Å²) in [6.07, 6.45) is 0.829. The summed E-state index contributed by atoms with van der Waals surface area (Å²) in [7, 11) is 0. The second-order valence-electron chi connectivity index (χ2n) is 3.29. The van der Waals surface area contributed by atoms with Crippen LogP contribution in [0.5, 0.6) is 10.9 Å². The van der Waals surface area contributed by atoms with E-state index in [0.717, 1.165) is 23.6 Å². The van der Waals surface area contributed by atoms with Crippen molar-refractivity contribution in [1.82, 2.24) is 9.97 Å². The highest BCUT2D eigenvalue weighted by atomic mass is 35.5. The van der Waals surface area contributed by atoms with Gasteiger partial charge in [-0.25, -0.2) is 0 Å². The van der Waals surface area contributed by atoms with E-state index in [1.54, 1.807) is 5.38 Å².